The van der Waals surface area contributed by atoms with Crippen LogP contribution >= 0.6 is 11.8 Å². The largest absolute Gasteiger partial charge is 0.480 e. The normalized spacial score (nSPS) is 23.6. The number of aliphatic hydroxyl groups is 2. The second-order valence-corrected chi connectivity index (χ2v) is 6.99. The molecule has 12 heteroatoms. The van der Waals surface area contributed by atoms with Crippen LogP contribution in [-0.4, -0.2) is 87.4 Å². The third-order valence-electron chi connectivity index (χ3n) is 3.52. The van der Waals surface area contributed by atoms with E-state index in [-0.39, 0.29) is 5.75 Å². The van der Waals surface area contributed by atoms with E-state index in [9.17, 15) is 29.4 Å². The summed E-state index contributed by atoms with van der Waals surface area (Å²) in [4.78, 5) is 44.9. The lowest BCUT2D eigenvalue weighted by molar-refractivity contribution is -0.190. The van der Waals surface area contributed by atoms with Crippen molar-refractivity contribution in [2.45, 2.75) is 56.6 Å². The van der Waals surface area contributed by atoms with E-state index in [0.29, 0.717) is 0 Å². The minimum Gasteiger partial charge on any atom is -0.480 e. The van der Waals surface area contributed by atoms with Crippen LogP contribution in [0, 0.1) is 0 Å². The van der Waals surface area contributed by atoms with Gasteiger partial charge in [-0.2, -0.15) is 0 Å². The van der Waals surface area contributed by atoms with Gasteiger partial charge in [0.2, 0.25) is 0 Å². The first kappa shape index (κ1) is 23.1. The number of carboxylic acids is 1. The zero-order chi connectivity index (χ0) is 20.7. The maximum absolute atomic E-state index is 11.5. The third kappa shape index (κ3) is 7.33. The Labute approximate surface area is 159 Å². The number of aliphatic carboxylic acids is 1. The fourth-order valence-electron chi connectivity index (χ4n) is 2.38. The van der Waals surface area contributed by atoms with Crippen molar-refractivity contribution < 1.29 is 48.7 Å². The van der Waals surface area contributed by atoms with E-state index in [1.165, 1.54) is 0 Å². The van der Waals surface area contributed by atoms with Gasteiger partial charge in [0.25, 0.3) is 0 Å². The van der Waals surface area contributed by atoms with Crippen LogP contribution in [-0.2, 0) is 33.4 Å². The zero-order valence-electron chi connectivity index (χ0n) is 15.0. The number of carbonyl (C=O) groups is 4. The van der Waals surface area contributed by atoms with E-state index < -0.39 is 66.3 Å². The summed E-state index contributed by atoms with van der Waals surface area (Å²) in [6.07, 6.45) is -6.21. The van der Waals surface area contributed by atoms with Gasteiger partial charge in [-0.3, -0.25) is 24.5 Å². The van der Waals surface area contributed by atoms with Gasteiger partial charge in [0.1, 0.15) is 24.9 Å². The standard InChI is InChI=1S/C15H23NO10S/c1-6(17)24-4-10(20)12(25-7(2)18)13(26-8(3)19)11(21)14-16-9(5-27-14)15(22)23/h9-14,16,20-21H,4-5H2,1-3H3,(H,22,23). The van der Waals surface area contributed by atoms with Crippen molar-refractivity contribution in [3.8, 4) is 0 Å². The molecule has 0 spiro atoms. The number of esters is 3. The van der Waals surface area contributed by atoms with Gasteiger partial charge in [0.15, 0.2) is 12.2 Å². The highest BCUT2D eigenvalue weighted by atomic mass is 32.2. The lowest BCUT2D eigenvalue weighted by Gasteiger charge is -2.34. The van der Waals surface area contributed by atoms with Crippen LogP contribution in [0.25, 0.3) is 0 Å². The molecule has 0 saturated carbocycles. The Balaban J connectivity index is 3.02. The number of carbonyl (C=O) groups excluding carboxylic acids is 3. The second kappa shape index (κ2) is 10.4. The molecule has 1 rings (SSSR count). The summed E-state index contributed by atoms with van der Waals surface area (Å²) in [5, 5.41) is 31.7. The van der Waals surface area contributed by atoms with Gasteiger partial charge in [-0.15, -0.1) is 11.8 Å². The quantitative estimate of drug-likeness (QED) is 0.251. The van der Waals surface area contributed by atoms with Crippen LogP contribution in [0.4, 0.5) is 0 Å². The van der Waals surface area contributed by atoms with E-state index in [0.717, 1.165) is 32.5 Å². The minimum absolute atomic E-state index is 0.151. The number of hydrogen-bond donors (Lipinski definition) is 4. The number of nitrogens with one attached hydrogen (secondary N) is 1. The van der Waals surface area contributed by atoms with E-state index in [2.05, 4.69) is 10.1 Å². The summed E-state index contributed by atoms with van der Waals surface area (Å²) in [6.45, 7) is 2.64. The zero-order valence-corrected chi connectivity index (χ0v) is 15.8. The van der Waals surface area contributed by atoms with Crippen molar-refractivity contribution in [2.75, 3.05) is 12.4 Å². The fraction of sp³-hybridized carbons (Fsp3) is 0.733. The second-order valence-electron chi connectivity index (χ2n) is 5.82. The molecule has 0 bridgehead atoms. The summed E-state index contributed by atoms with van der Waals surface area (Å²) in [5.41, 5.74) is 0. The summed E-state index contributed by atoms with van der Waals surface area (Å²) < 4.78 is 14.7. The molecular weight excluding hydrogens is 386 g/mol. The molecule has 1 saturated heterocycles. The van der Waals surface area contributed by atoms with Crippen LogP contribution in [0.5, 0.6) is 0 Å². The van der Waals surface area contributed by atoms with Gasteiger partial charge in [-0.05, 0) is 0 Å². The molecule has 27 heavy (non-hydrogen) atoms. The Hall–Kier alpha value is -1.89. The van der Waals surface area contributed by atoms with E-state index in [1.54, 1.807) is 0 Å². The first-order valence-corrected chi connectivity index (χ1v) is 9.02. The molecule has 0 aliphatic carbocycles. The van der Waals surface area contributed by atoms with Crippen molar-refractivity contribution in [3.63, 3.8) is 0 Å². The van der Waals surface area contributed by atoms with Crippen LogP contribution in [0.3, 0.4) is 0 Å². The molecule has 0 aromatic carbocycles. The molecule has 0 aromatic rings. The predicted molar refractivity (Wildman–Crippen MR) is 90.6 cm³/mol. The van der Waals surface area contributed by atoms with Gasteiger partial charge < -0.3 is 29.5 Å². The highest BCUT2D eigenvalue weighted by Gasteiger charge is 2.45. The van der Waals surface area contributed by atoms with E-state index in [4.69, 9.17) is 14.6 Å². The van der Waals surface area contributed by atoms with E-state index in [1.807, 2.05) is 0 Å². The number of carboxylic acid groups (broad SMARTS) is 1. The molecule has 1 fully saturated rings. The van der Waals surface area contributed by atoms with Crippen LogP contribution in [0.1, 0.15) is 20.8 Å². The molecule has 154 valence electrons. The van der Waals surface area contributed by atoms with Crippen molar-refractivity contribution in [2.24, 2.45) is 0 Å². The third-order valence-corrected chi connectivity index (χ3v) is 4.82. The highest BCUT2D eigenvalue weighted by Crippen LogP contribution is 2.27. The molecule has 1 aliphatic heterocycles. The van der Waals surface area contributed by atoms with Crippen molar-refractivity contribution in [3.05, 3.63) is 0 Å². The molecule has 0 radical (unpaired) electrons. The SMILES string of the molecule is CC(=O)OCC(O)C(OC(C)=O)C(OC(C)=O)C(O)C1NC(C(=O)O)CS1. The smallest absolute Gasteiger partial charge is 0.321 e. The van der Waals surface area contributed by atoms with Gasteiger partial charge >= 0.3 is 23.9 Å². The molecule has 6 unspecified atom stereocenters. The van der Waals surface area contributed by atoms with Gasteiger partial charge in [0, 0.05) is 26.5 Å². The highest BCUT2D eigenvalue weighted by molar-refractivity contribution is 8.00. The average Bonchev–Trinajstić information content (AvgIpc) is 3.05. The van der Waals surface area contributed by atoms with Gasteiger partial charge in [-0.1, -0.05) is 0 Å². The van der Waals surface area contributed by atoms with E-state index >= 15 is 0 Å². The molecule has 4 N–H and O–H groups in total. The fourth-order valence-corrected chi connectivity index (χ4v) is 3.63. The summed E-state index contributed by atoms with van der Waals surface area (Å²) in [5.74, 6) is -3.32. The monoisotopic (exact) mass is 409 g/mol. The molecule has 0 amide bonds. The molecule has 11 nitrogen and oxygen atoms in total. The minimum atomic E-state index is -1.60. The lowest BCUT2D eigenvalue weighted by Crippen LogP contribution is -2.56. The molecular formula is C15H23NO10S. The maximum Gasteiger partial charge on any atom is 0.321 e. The van der Waals surface area contributed by atoms with Gasteiger partial charge in [0.05, 0.1) is 5.37 Å². The van der Waals surface area contributed by atoms with Crippen LogP contribution < -0.4 is 5.32 Å². The number of aliphatic hydroxyl groups excluding tert-OH is 2. The Morgan fingerprint density at radius 1 is 1.04 bits per heavy atom. The molecule has 1 heterocycles. The number of thioether (sulfide) groups is 1. The first-order chi connectivity index (χ1) is 12.5. The summed E-state index contributed by atoms with van der Waals surface area (Å²) in [6, 6.07) is -0.925. The Morgan fingerprint density at radius 2 is 1.59 bits per heavy atom. The number of rotatable bonds is 9. The van der Waals surface area contributed by atoms with Crippen molar-refractivity contribution >= 4 is 35.6 Å². The molecule has 1 aliphatic rings. The summed E-state index contributed by atoms with van der Waals surface area (Å²) in [7, 11) is 0. The first-order valence-electron chi connectivity index (χ1n) is 7.97. The van der Waals surface area contributed by atoms with Crippen LogP contribution in [0.15, 0.2) is 0 Å². The average molecular weight is 409 g/mol. The molecule has 0 aromatic heterocycles. The summed E-state index contributed by atoms with van der Waals surface area (Å²) >= 11 is 1.07. The molecule has 6 atom stereocenters. The Kier molecular flexibility index (Phi) is 8.96. The topological polar surface area (TPSA) is 169 Å². The number of ether oxygens (including phenoxy) is 3. The van der Waals surface area contributed by atoms with Crippen LogP contribution in [0.2, 0.25) is 0 Å². The van der Waals surface area contributed by atoms with Gasteiger partial charge in [-0.25, -0.2) is 0 Å². The Morgan fingerprint density at radius 3 is 2.04 bits per heavy atom. The van der Waals surface area contributed by atoms with Crippen molar-refractivity contribution in [1.82, 2.24) is 5.32 Å². The Bertz CT molecular complexity index is 571. The lowest BCUT2D eigenvalue weighted by atomic mass is 10.0. The number of hydrogen-bond acceptors (Lipinski definition) is 11. The predicted octanol–water partition coefficient (Wildman–Crippen LogP) is -1.75. The maximum atomic E-state index is 11.5. The van der Waals surface area contributed by atoms with Crippen molar-refractivity contribution in [1.29, 1.82) is 0 Å².